The summed E-state index contributed by atoms with van der Waals surface area (Å²) in [4.78, 5) is 25.7. The number of rotatable bonds is 9. The number of hydrogen-bond donors (Lipinski definition) is 1. The number of aryl methyl sites for hydroxylation is 1. The molecule has 0 unspecified atom stereocenters. The third kappa shape index (κ3) is 5.62. The number of halogens is 1. The molecule has 0 atom stereocenters. The Balaban J connectivity index is 1.13. The van der Waals surface area contributed by atoms with Crippen molar-refractivity contribution in [3.8, 4) is 0 Å². The van der Waals surface area contributed by atoms with Crippen molar-refractivity contribution in [3.63, 3.8) is 0 Å². The topological polar surface area (TPSA) is 79.2 Å². The molecule has 3 heterocycles. The molecule has 1 amide bonds. The number of nitrogens with zero attached hydrogens (tertiary/aromatic N) is 6. The Hall–Kier alpha value is -4.01. The van der Waals surface area contributed by atoms with Crippen LogP contribution in [0.25, 0.3) is 11.0 Å². The van der Waals surface area contributed by atoms with Gasteiger partial charge in [-0.1, -0.05) is 30.3 Å². The maximum Gasteiger partial charge on any atom is 0.220 e. The van der Waals surface area contributed by atoms with Crippen molar-refractivity contribution in [1.82, 2.24) is 25.1 Å². The van der Waals surface area contributed by atoms with E-state index in [2.05, 4.69) is 42.3 Å². The maximum absolute atomic E-state index is 13.2. The molecule has 1 fully saturated rings. The molecule has 4 aromatic rings. The maximum atomic E-state index is 13.2. The number of aromatic nitrogens is 4. The highest BCUT2D eigenvalue weighted by atomic mass is 19.1. The van der Waals surface area contributed by atoms with E-state index in [1.165, 1.54) is 17.7 Å². The Kier molecular flexibility index (Phi) is 7.35. The summed E-state index contributed by atoms with van der Waals surface area (Å²) in [6, 6.07) is 16.8. The number of fused-ring (bicyclic) bond motifs is 1. The molecular weight excluding hydrogens is 457 g/mol. The van der Waals surface area contributed by atoms with Crippen LogP contribution >= 0.6 is 0 Å². The Bertz CT molecular complexity index is 1280. The van der Waals surface area contributed by atoms with E-state index in [0.29, 0.717) is 19.5 Å². The van der Waals surface area contributed by atoms with Crippen LogP contribution in [0.1, 0.15) is 18.4 Å². The van der Waals surface area contributed by atoms with Gasteiger partial charge in [0, 0.05) is 44.8 Å². The van der Waals surface area contributed by atoms with Crippen molar-refractivity contribution in [2.45, 2.75) is 25.8 Å². The molecule has 2 aromatic carbocycles. The second kappa shape index (κ2) is 11.2. The number of hydrogen-bond acceptors (Lipinski definition) is 6. The first-order valence-corrected chi connectivity index (χ1v) is 12.4. The zero-order valence-corrected chi connectivity index (χ0v) is 20.2. The van der Waals surface area contributed by atoms with Crippen molar-refractivity contribution in [1.29, 1.82) is 0 Å². The van der Waals surface area contributed by atoms with Crippen LogP contribution in [0, 0.1) is 5.82 Å². The minimum absolute atomic E-state index is 0.0525. The predicted molar refractivity (Wildman–Crippen MR) is 139 cm³/mol. The van der Waals surface area contributed by atoms with Crippen molar-refractivity contribution in [2.24, 2.45) is 0 Å². The van der Waals surface area contributed by atoms with Crippen LogP contribution in [-0.2, 0) is 17.8 Å². The molecule has 36 heavy (non-hydrogen) atoms. The number of benzene rings is 2. The van der Waals surface area contributed by atoms with Gasteiger partial charge in [0.1, 0.15) is 18.0 Å². The second-order valence-electron chi connectivity index (χ2n) is 8.94. The highest BCUT2D eigenvalue weighted by Crippen LogP contribution is 2.25. The fourth-order valence-electron chi connectivity index (χ4n) is 4.61. The summed E-state index contributed by atoms with van der Waals surface area (Å²) in [5, 5.41) is 8.41. The zero-order chi connectivity index (χ0) is 24.7. The Morgan fingerprint density at radius 1 is 0.944 bits per heavy atom. The van der Waals surface area contributed by atoms with E-state index in [0.717, 1.165) is 61.6 Å². The highest BCUT2D eigenvalue weighted by Gasteiger charge is 2.21. The van der Waals surface area contributed by atoms with Gasteiger partial charge in [0.15, 0.2) is 5.65 Å². The average Bonchev–Trinajstić information content (AvgIpc) is 3.33. The highest BCUT2D eigenvalue weighted by molar-refractivity contribution is 5.86. The third-order valence-electron chi connectivity index (χ3n) is 6.54. The Morgan fingerprint density at radius 3 is 2.47 bits per heavy atom. The number of carbonyl (C=O) groups excluding carboxylic acids is 1. The second-order valence-corrected chi connectivity index (χ2v) is 8.94. The molecule has 0 spiro atoms. The molecule has 1 aliphatic heterocycles. The molecule has 186 valence electrons. The first-order valence-electron chi connectivity index (χ1n) is 12.4. The molecule has 5 rings (SSSR count). The molecule has 2 aromatic heterocycles. The number of piperazine rings is 1. The van der Waals surface area contributed by atoms with Crippen molar-refractivity contribution >= 4 is 28.4 Å². The molecule has 8 nitrogen and oxygen atoms in total. The van der Waals surface area contributed by atoms with Gasteiger partial charge >= 0.3 is 0 Å². The fraction of sp³-hybridized carbons (Fsp3) is 0.333. The first kappa shape index (κ1) is 23.7. The van der Waals surface area contributed by atoms with E-state index in [9.17, 15) is 9.18 Å². The molecule has 0 saturated carbocycles. The minimum atomic E-state index is -0.222. The quantitative estimate of drug-likeness (QED) is 0.390. The van der Waals surface area contributed by atoms with E-state index in [1.807, 2.05) is 35.0 Å². The van der Waals surface area contributed by atoms with Gasteiger partial charge in [0.05, 0.1) is 18.1 Å². The van der Waals surface area contributed by atoms with Crippen LogP contribution in [0.5, 0.6) is 0 Å². The number of nitrogens with one attached hydrogen (secondary N) is 1. The zero-order valence-electron chi connectivity index (χ0n) is 20.2. The summed E-state index contributed by atoms with van der Waals surface area (Å²) >= 11 is 0. The summed E-state index contributed by atoms with van der Waals surface area (Å²) < 4.78 is 15.1. The third-order valence-corrected chi connectivity index (χ3v) is 6.54. The van der Waals surface area contributed by atoms with Crippen LogP contribution in [0.15, 0.2) is 67.1 Å². The van der Waals surface area contributed by atoms with E-state index in [4.69, 9.17) is 0 Å². The molecule has 1 N–H and O–H groups in total. The Morgan fingerprint density at radius 2 is 1.69 bits per heavy atom. The largest absolute Gasteiger partial charge is 0.368 e. The van der Waals surface area contributed by atoms with Gasteiger partial charge in [-0.25, -0.2) is 19.0 Å². The van der Waals surface area contributed by atoms with E-state index < -0.39 is 0 Å². The van der Waals surface area contributed by atoms with Gasteiger partial charge in [0.2, 0.25) is 5.91 Å². The van der Waals surface area contributed by atoms with Crippen molar-refractivity contribution in [2.75, 3.05) is 42.5 Å². The minimum Gasteiger partial charge on any atom is -0.368 e. The first-order chi connectivity index (χ1) is 17.7. The number of carbonyl (C=O) groups is 1. The summed E-state index contributed by atoms with van der Waals surface area (Å²) in [7, 11) is 0. The van der Waals surface area contributed by atoms with Crippen molar-refractivity contribution in [3.05, 3.63) is 78.5 Å². The van der Waals surface area contributed by atoms with Gasteiger partial charge < -0.3 is 15.1 Å². The van der Waals surface area contributed by atoms with E-state index >= 15 is 0 Å². The van der Waals surface area contributed by atoms with Gasteiger partial charge in [-0.05, 0) is 42.7 Å². The average molecular weight is 488 g/mol. The smallest absolute Gasteiger partial charge is 0.220 e. The predicted octanol–water partition coefficient (Wildman–Crippen LogP) is 3.43. The fourth-order valence-corrected chi connectivity index (χ4v) is 4.61. The summed E-state index contributed by atoms with van der Waals surface area (Å²) in [6.07, 6.45) is 5.61. The van der Waals surface area contributed by atoms with Crippen LogP contribution in [0.2, 0.25) is 0 Å². The van der Waals surface area contributed by atoms with Gasteiger partial charge in [-0.2, -0.15) is 5.10 Å². The lowest BCUT2D eigenvalue weighted by molar-refractivity contribution is -0.121. The Labute approximate surface area is 209 Å². The van der Waals surface area contributed by atoms with Crippen LogP contribution in [-0.4, -0.2) is 58.4 Å². The molecule has 9 heteroatoms. The normalized spacial score (nSPS) is 13.8. The molecule has 0 radical (unpaired) electrons. The summed E-state index contributed by atoms with van der Waals surface area (Å²) in [5.41, 5.74) is 3.04. The van der Waals surface area contributed by atoms with Gasteiger partial charge in [0.25, 0.3) is 0 Å². The molecule has 1 saturated heterocycles. The molecule has 0 bridgehead atoms. The number of anilines is 2. The van der Waals surface area contributed by atoms with E-state index in [-0.39, 0.29) is 11.7 Å². The van der Waals surface area contributed by atoms with Crippen molar-refractivity contribution < 1.29 is 9.18 Å². The van der Waals surface area contributed by atoms with Crippen LogP contribution < -0.4 is 15.1 Å². The lowest BCUT2D eigenvalue weighted by Gasteiger charge is -2.36. The summed E-state index contributed by atoms with van der Waals surface area (Å²) in [6.45, 7) is 4.28. The molecular formula is C27H30FN7O. The van der Waals surface area contributed by atoms with Gasteiger partial charge in [-0.15, -0.1) is 0 Å². The van der Waals surface area contributed by atoms with Crippen LogP contribution in [0.3, 0.4) is 0 Å². The monoisotopic (exact) mass is 487 g/mol. The van der Waals surface area contributed by atoms with E-state index in [1.54, 1.807) is 12.5 Å². The standard InChI is InChI=1S/C27H30FN7O/c28-22-9-11-23(12-10-22)33-15-17-34(18-16-33)26-24-19-32-35(27(24)31-20-30-26)14-13-29-25(36)8-4-7-21-5-2-1-3-6-21/h1-3,5-6,9-12,19-20H,4,7-8,13-18H2,(H,29,36). The SMILES string of the molecule is O=C(CCCc1ccccc1)NCCn1ncc2c(N3CCN(c4ccc(F)cc4)CC3)ncnc21. The van der Waals surface area contributed by atoms with Gasteiger partial charge in [-0.3, -0.25) is 4.79 Å². The molecule has 1 aliphatic rings. The lowest BCUT2D eigenvalue weighted by Crippen LogP contribution is -2.46. The number of amides is 1. The molecule has 0 aliphatic carbocycles. The summed E-state index contributed by atoms with van der Waals surface area (Å²) in [5.74, 6) is 0.701. The van der Waals surface area contributed by atoms with Crippen LogP contribution in [0.4, 0.5) is 15.9 Å². The lowest BCUT2D eigenvalue weighted by atomic mass is 10.1.